The molecule has 0 unspecified atom stereocenters. The standard InChI is InChI=1S/C18H12I2O7/c1-9(21)17(24)27-15-13(19)6-10(7-14(15)20)8-26-18(25)12-5-3-2-4-11(12)16(22)23/h2-7H,8H2,1H3,(H,22,23). The molecule has 0 aliphatic carbocycles. The number of ketones is 1. The predicted molar refractivity (Wildman–Crippen MR) is 111 cm³/mol. The predicted octanol–water partition coefficient (Wildman–Crippen LogP) is 3.45. The molecule has 2 aromatic rings. The molecule has 0 aliphatic heterocycles. The number of Topliss-reactive ketones (excluding diaryl/α,β-unsaturated/α-hetero) is 1. The first-order chi connectivity index (χ1) is 12.7. The monoisotopic (exact) mass is 594 g/mol. The minimum absolute atomic E-state index is 0.0404. The molecule has 0 saturated heterocycles. The van der Waals surface area contributed by atoms with Gasteiger partial charge < -0.3 is 14.6 Å². The maximum absolute atomic E-state index is 12.2. The maximum atomic E-state index is 12.2. The fraction of sp³-hybridized carbons (Fsp3) is 0.111. The van der Waals surface area contributed by atoms with Crippen molar-refractivity contribution in [2.75, 3.05) is 0 Å². The highest BCUT2D eigenvalue weighted by Gasteiger charge is 2.19. The van der Waals surface area contributed by atoms with Gasteiger partial charge in [-0.1, -0.05) is 12.1 Å². The second-order valence-corrected chi connectivity index (χ2v) is 7.59. The number of halogens is 2. The molecule has 9 heteroatoms. The first-order valence-electron chi connectivity index (χ1n) is 7.40. The van der Waals surface area contributed by atoms with Crippen molar-refractivity contribution in [2.45, 2.75) is 13.5 Å². The number of carboxylic acids is 1. The maximum Gasteiger partial charge on any atom is 0.379 e. The lowest BCUT2D eigenvalue weighted by molar-refractivity contribution is -0.146. The van der Waals surface area contributed by atoms with Gasteiger partial charge in [-0.25, -0.2) is 14.4 Å². The van der Waals surface area contributed by atoms with E-state index in [2.05, 4.69) is 0 Å². The van der Waals surface area contributed by atoms with Gasteiger partial charge in [0.2, 0.25) is 5.78 Å². The molecule has 1 N–H and O–H groups in total. The third-order valence-corrected chi connectivity index (χ3v) is 4.89. The van der Waals surface area contributed by atoms with Crippen LogP contribution in [-0.2, 0) is 20.9 Å². The van der Waals surface area contributed by atoms with E-state index in [1.165, 1.54) is 18.2 Å². The highest BCUT2D eigenvalue weighted by Crippen LogP contribution is 2.29. The third-order valence-electron chi connectivity index (χ3n) is 3.29. The Labute approximate surface area is 181 Å². The molecule has 0 saturated carbocycles. The van der Waals surface area contributed by atoms with Crippen LogP contribution in [0.25, 0.3) is 0 Å². The van der Waals surface area contributed by atoms with E-state index in [1.807, 2.05) is 45.2 Å². The van der Waals surface area contributed by atoms with Crippen molar-refractivity contribution >= 4 is 68.9 Å². The average molecular weight is 594 g/mol. The second kappa shape index (κ2) is 9.26. The van der Waals surface area contributed by atoms with Crippen LogP contribution in [0.3, 0.4) is 0 Å². The zero-order valence-corrected chi connectivity index (χ0v) is 18.1. The average Bonchev–Trinajstić information content (AvgIpc) is 2.62. The van der Waals surface area contributed by atoms with Gasteiger partial charge in [-0.3, -0.25) is 4.79 Å². The number of hydrogen-bond donors (Lipinski definition) is 1. The molecule has 2 aromatic carbocycles. The Bertz CT molecular complexity index is 914. The highest BCUT2D eigenvalue weighted by molar-refractivity contribution is 14.1. The molecule has 2 rings (SSSR count). The molecule has 140 valence electrons. The fourth-order valence-electron chi connectivity index (χ4n) is 2.03. The van der Waals surface area contributed by atoms with Gasteiger partial charge in [0.25, 0.3) is 0 Å². The molecule has 7 nitrogen and oxygen atoms in total. The van der Waals surface area contributed by atoms with Crippen LogP contribution in [0.1, 0.15) is 33.2 Å². The van der Waals surface area contributed by atoms with Crippen LogP contribution in [0.5, 0.6) is 5.75 Å². The SMILES string of the molecule is CC(=O)C(=O)Oc1c(I)cc(COC(=O)c2ccccc2C(=O)O)cc1I. The molecule has 0 heterocycles. The zero-order chi connectivity index (χ0) is 20.1. The van der Waals surface area contributed by atoms with Crippen molar-refractivity contribution in [3.8, 4) is 5.75 Å². The van der Waals surface area contributed by atoms with Gasteiger partial charge >= 0.3 is 17.9 Å². The topological polar surface area (TPSA) is 107 Å². The summed E-state index contributed by atoms with van der Waals surface area (Å²) in [6, 6.07) is 9.05. The molecule has 0 amide bonds. The summed E-state index contributed by atoms with van der Waals surface area (Å²) in [5.74, 6) is -3.40. The summed E-state index contributed by atoms with van der Waals surface area (Å²) < 4.78 is 11.4. The van der Waals surface area contributed by atoms with Gasteiger partial charge in [-0.05, 0) is 75.0 Å². The summed E-state index contributed by atoms with van der Waals surface area (Å²) >= 11 is 3.88. The first kappa shape index (κ1) is 21.3. The summed E-state index contributed by atoms with van der Waals surface area (Å²) in [6.07, 6.45) is 0. The molecule has 0 fully saturated rings. The second-order valence-electron chi connectivity index (χ2n) is 5.26. The highest BCUT2D eigenvalue weighted by atomic mass is 127. The van der Waals surface area contributed by atoms with Crippen molar-refractivity contribution < 1.29 is 33.8 Å². The Morgan fingerprint density at radius 3 is 2.07 bits per heavy atom. The van der Waals surface area contributed by atoms with Crippen molar-refractivity contribution in [1.82, 2.24) is 0 Å². The Hall–Kier alpha value is -2.02. The van der Waals surface area contributed by atoms with Crippen LogP contribution in [-0.4, -0.2) is 28.8 Å². The van der Waals surface area contributed by atoms with E-state index < -0.39 is 23.7 Å². The molecule has 0 aromatic heterocycles. The van der Waals surface area contributed by atoms with E-state index in [0.717, 1.165) is 6.92 Å². The molecular weight excluding hydrogens is 582 g/mol. The number of carbonyl (C=O) groups is 4. The van der Waals surface area contributed by atoms with Crippen molar-refractivity contribution in [3.63, 3.8) is 0 Å². The van der Waals surface area contributed by atoms with Crippen LogP contribution in [0.15, 0.2) is 36.4 Å². The van der Waals surface area contributed by atoms with E-state index in [-0.39, 0.29) is 23.5 Å². The van der Waals surface area contributed by atoms with Crippen LogP contribution in [0.2, 0.25) is 0 Å². The summed E-state index contributed by atoms with van der Waals surface area (Å²) in [5, 5.41) is 9.14. The number of rotatable bonds is 6. The molecule has 0 aliphatic rings. The Kier molecular flexibility index (Phi) is 7.30. The molecule has 0 spiro atoms. The van der Waals surface area contributed by atoms with E-state index in [0.29, 0.717) is 12.7 Å². The number of carbonyl (C=O) groups excluding carboxylic acids is 3. The Morgan fingerprint density at radius 2 is 1.56 bits per heavy atom. The van der Waals surface area contributed by atoms with Crippen LogP contribution in [0, 0.1) is 7.14 Å². The fourth-order valence-corrected chi connectivity index (χ4v) is 4.15. The van der Waals surface area contributed by atoms with E-state index in [4.69, 9.17) is 14.6 Å². The third kappa shape index (κ3) is 5.48. The summed E-state index contributed by atoms with van der Waals surface area (Å²) in [5.41, 5.74) is 0.437. The van der Waals surface area contributed by atoms with Gasteiger partial charge in [0, 0.05) is 6.92 Å². The quantitative estimate of drug-likeness (QED) is 0.237. The van der Waals surface area contributed by atoms with Gasteiger partial charge in [0.05, 0.1) is 18.3 Å². The number of hydrogen-bond acceptors (Lipinski definition) is 6. The van der Waals surface area contributed by atoms with Crippen LogP contribution >= 0.6 is 45.2 Å². The van der Waals surface area contributed by atoms with Crippen molar-refractivity contribution in [3.05, 3.63) is 60.2 Å². The molecule has 0 radical (unpaired) electrons. The number of ether oxygens (including phenoxy) is 2. The largest absolute Gasteiger partial charge is 0.478 e. The van der Waals surface area contributed by atoms with Crippen LogP contribution < -0.4 is 4.74 Å². The molecule has 0 bridgehead atoms. The van der Waals surface area contributed by atoms with Gasteiger partial charge in [-0.15, -0.1) is 0 Å². The van der Waals surface area contributed by atoms with Crippen molar-refractivity contribution in [1.29, 1.82) is 0 Å². The summed E-state index contributed by atoms with van der Waals surface area (Å²) in [7, 11) is 0. The van der Waals surface area contributed by atoms with E-state index in [1.54, 1.807) is 18.2 Å². The normalized spacial score (nSPS) is 10.2. The smallest absolute Gasteiger partial charge is 0.379 e. The van der Waals surface area contributed by atoms with Gasteiger partial charge in [-0.2, -0.15) is 0 Å². The zero-order valence-electron chi connectivity index (χ0n) is 13.8. The molecule has 0 atom stereocenters. The lowest BCUT2D eigenvalue weighted by atomic mass is 10.1. The Balaban J connectivity index is 2.15. The lowest BCUT2D eigenvalue weighted by Gasteiger charge is -2.11. The lowest BCUT2D eigenvalue weighted by Crippen LogP contribution is -2.18. The Morgan fingerprint density at radius 1 is 1.00 bits per heavy atom. The molecule has 27 heavy (non-hydrogen) atoms. The van der Waals surface area contributed by atoms with Crippen LogP contribution in [0.4, 0.5) is 0 Å². The molecular formula is C18H12I2O7. The summed E-state index contributed by atoms with van der Waals surface area (Å²) in [6.45, 7) is 1.02. The minimum Gasteiger partial charge on any atom is -0.478 e. The number of esters is 2. The first-order valence-corrected chi connectivity index (χ1v) is 9.56. The van der Waals surface area contributed by atoms with Gasteiger partial charge in [0.15, 0.2) is 5.75 Å². The van der Waals surface area contributed by atoms with Crippen molar-refractivity contribution in [2.24, 2.45) is 0 Å². The van der Waals surface area contributed by atoms with E-state index in [9.17, 15) is 19.2 Å². The number of benzene rings is 2. The van der Waals surface area contributed by atoms with Gasteiger partial charge in [0.1, 0.15) is 6.61 Å². The summed E-state index contributed by atoms with van der Waals surface area (Å²) in [4.78, 5) is 45.9. The van der Waals surface area contributed by atoms with E-state index >= 15 is 0 Å². The number of aromatic carboxylic acids is 1. The number of carboxylic acid groups (broad SMARTS) is 1. The minimum atomic E-state index is -1.22.